The smallest absolute Gasteiger partial charge is 0.338 e. The molecule has 2 aromatic rings. The summed E-state index contributed by atoms with van der Waals surface area (Å²) in [7, 11) is -4.02. The summed E-state index contributed by atoms with van der Waals surface area (Å²) in [6, 6.07) is 4.86. The van der Waals surface area contributed by atoms with Gasteiger partial charge in [-0.3, -0.25) is 0 Å². The van der Waals surface area contributed by atoms with Crippen molar-refractivity contribution in [3.8, 4) is 0 Å². The van der Waals surface area contributed by atoms with Crippen LogP contribution in [-0.2, 0) is 23.0 Å². The number of carboxylic acid groups (broad SMARTS) is 1. The van der Waals surface area contributed by atoms with Crippen molar-refractivity contribution in [2.75, 3.05) is 6.54 Å². The lowest BCUT2D eigenvalue weighted by Crippen LogP contribution is -2.28. The molecule has 0 bridgehead atoms. The Balaban J connectivity index is 1.96. The molecule has 3 rings (SSSR count). The van der Waals surface area contributed by atoms with Gasteiger partial charge in [0, 0.05) is 17.5 Å². The third-order valence-electron chi connectivity index (χ3n) is 4.06. The molecule has 134 valence electrons. The first-order chi connectivity index (χ1) is 11.8. The van der Waals surface area contributed by atoms with Crippen LogP contribution in [-0.4, -0.2) is 26.0 Å². The number of sulfonamides is 1. The van der Waals surface area contributed by atoms with Gasteiger partial charge in [-0.1, -0.05) is 12.1 Å². The molecule has 0 unspecified atom stereocenters. The molecule has 0 radical (unpaired) electrons. The highest BCUT2D eigenvalue weighted by atomic mass is 32.2. The van der Waals surface area contributed by atoms with Crippen molar-refractivity contribution in [3.05, 3.63) is 51.7 Å². The Hall–Kier alpha value is -1.81. The molecule has 0 aliphatic carbocycles. The molecule has 0 amide bonds. The summed E-state index contributed by atoms with van der Waals surface area (Å²) < 4.78 is 40.9. The van der Waals surface area contributed by atoms with E-state index in [2.05, 4.69) is 10.0 Å². The summed E-state index contributed by atoms with van der Waals surface area (Å²) in [5, 5.41) is 12.6. The number of nitrogens with one attached hydrogen (secondary N) is 2. The third kappa shape index (κ3) is 3.59. The Bertz CT molecular complexity index is 907. The van der Waals surface area contributed by atoms with Crippen LogP contribution in [0.1, 0.15) is 39.3 Å². The van der Waals surface area contributed by atoms with Crippen molar-refractivity contribution in [1.29, 1.82) is 0 Å². The molecule has 6 nitrogen and oxygen atoms in total. The number of rotatable bonds is 5. The number of halogens is 1. The fraction of sp³-hybridized carbons (Fsp3) is 0.312. The maximum absolute atomic E-state index is 13.0. The minimum absolute atomic E-state index is 0.139. The van der Waals surface area contributed by atoms with Gasteiger partial charge in [0.15, 0.2) is 0 Å². The zero-order chi connectivity index (χ0) is 18.2. The van der Waals surface area contributed by atoms with E-state index in [0.29, 0.717) is 30.6 Å². The Labute approximate surface area is 148 Å². The first kappa shape index (κ1) is 18.0. The van der Waals surface area contributed by atoms with Gasteiger partial charge < -0.3 is 10.4 Å². The van der Waals surface area contributed by atoms with E-state index in [0.717, 1.165) is 16.2 Å². The molecule has 1 aromatic heterocycles. The van der Waals surface area contributed by atoms with Crippen molar-refractivity contribution in [2.45, 2.75) is 30.1 Å². The minimum Gasteiger partial charge on any atom is -0.478 e. The lowest BCUT2D eigenvalue weighted by Gasteiger charge is -2.14. The molecular weight excluding hydrogens is 367 g/mol. The van der Waals surface area contributed by atoms with Gasteiger partial charge in [0.1, 0.15) is 10.0 Å². The molecule has 1 aliphatic rings. The number of aromatic carboxylic acids is 1. The standard InChI is InChI=1S/C16H17FN2O4S2/c1-9(10-2-4-11(17)5-3-10)19-25(22,23)16-14(15(20)21)12-6-7-18-8-13(12)24-16/h2-5,9,18-19H,6-8H2,1H3,(H,20,21)/t9-/m1/s1. The first-order valence-corrected chi connectivity index (χ1v) is 9.96. The van der Waals surface area contributed by atoms with E-state index in [9.17, 15) is 22.7 Å². The van der Waals surface area contributed by atoms with Crippen molar-refractivity contribution in [3.63, 3.8) is 0 Å². The highest BCUT2D eigenvalue weighted by Gasteiger charge is 2.32. The number of thiophene rings is 1. The average Bonchev–Trinajstić information content (AvgIpc) is 2.95. The number of benzene rings is 1. The van der Waals surface area contributed by atoms with Crippen LogP contribution in [0.15, 0.2) is 28.5 Å². The topological polar surface area (TPSA) is 95.5 Å². The number of hydrogen-bond donors (Lipinski definition) is 3. The summed E-state index contributed by atoms with van der Waals surface area (Å²) in [6.07, 6.45) is 0.483. The van der Waals surface area contributed by atoms with E-state index in [1.54, 1.807) is 6.92 Å². The highest BCUT2D eigenvalue weighted by molar-refractivity contribution is 7.91. The zero-order valence-corrected chi connectivity index (χ0v) is 15.0. The molecule has 3 N–H and O–H groups in total. The lowest BCUT2D eigenvalue weighted by atomic mass is 10.1. The second kappa shape index (κ2) is 6.83. The fourth-order valence-electron chi connectivity index (χ4n) is 2.82. The average molecular weight is 384 g/mol. The molecule has 0 saturated carbocycles. The van der Waals surface area contributed by atoms with E-state index in [4.69, 9.17) is 0 Å². The summed E-state index contributed by atoms with van der Waals surface area (Å²) in [5.74, 6) is -1.65. The van der Waals surface area contributed by atoms with Crippen LogP contribution < -0.4 is 10.0 Å². The molecule has 1 aliphatic heterocycles. The van der Waals surface area contributed by atoms with Crippen LogP contribution in [0.4, 0.5) is 4.39 Å². The van der Waals surface area contributed by atoms with Gasteiger partial charge in [-0.15, -0.1) is 11.3 Å². The normalized spacial score (nSPS) is 15.6. The van der Waals surface area contributed by atoms with Crippen molar-refractivity contribution in [2.24, 2.45) is 0 Å². The zero-order valence-electron chi connectivity index (χ0n) is 13.4. The Morgan fingerprint density at radius 1 is 1.36 bits per heavy atom. The molecule has 1 atom stereocenters. The Morgan fingerprint density at radius 3 is 2.68 bits per heavy atom. The highest BCUT2D eigenvalue weighted by Crippen LogP contribution is 2.35. The summed E-state index contributed by atoms with van der Waals surface area (Å²) in [5.41, 5.74) is 1.04. The summed E-state index contributed by atoms with van der Waals surface area (Å²) >= 11 is 0.983. The predicted octanol–water partition coefficient (Wildman–Crippen LogP) is 2.27. The van der Waals surface area contributed by atoms with Gasteiger partial charge in [-0.2, -0.15) is 0 Å². The molecule has 0 spiro atoms. The minimum atomic E-state index is -4.02. The number of fused-ring (bicyclic) bond motifs is 1. The number of hydrogen-bond acceptors (Lipinski definition) is 5. The third-order valence-corrected chi connectivity index (χ3v) is 7.35. The van der Waals surface area contributed by atoms with E-state index in [-0.39, 0.29) is 9.77 Å². The van der Waals surface area contributed by atoms with Crippen molar-refractivity contribution in [1.82, 2.24) is 10.0 Å². The Morgan fingerprint density at radius 2 is 2.04 bits per heavy atom. The van der Waals surface area contributed by atoms with Crippen LogP contribution in [0, 0.1) is 5.82 Å². The van der Waals surface area contributed by atoms with E-state index < -0.39 is 27.9 Å². The van der Waals surface area contributed by atoms with Crippen molar-refractivity contribution >= 4 is 27.3 Å². The van der Waals surface area contributed by atoms with Crippen LogP contribution in [0.3, 0.4) is 0 Å². The van der Waals surface area contributed by atoms with Crippen LogP contribution in [0.25, 0.3) is 0 Å². The second-order valence-electron chi connectivity index (χ2n) is 5.79. The van der Waals surface area contributed by atoms with E-state index in [1.165, 1.54) is 24.3 Å². The molecule has 9 heteroatoms. The largest absolute Gasteiger partial charge is 0.478 e. The summed E-state index contributed by atoms with van der Waals surface area (Å²) in [4.78, 5) is 12.4. The van der Waals surface area contributed by atoms with Gasteiger partial charge in [-0.05, 0) is 43.1 Å². The molecular formula is C16H17FN2O4S2. The van der Waals surface area contributed by atoms with E-state index >= 15 is 0 Å². The van der Waals surface area contributed by atoms with E-state index in [1.807, 2.05) is 0 Å². The maximum atomic E-state index is 13.0. The maximum Gasteiger partial charge on any atom is 0.338 e. The fourth-order valence-corrected chi connectivity index (χ4v) is 5.93. The van der Waals surface area contributed by atoms with Crippen LogP contribution >= 0.6 is 11.3 Å². The van der Waals surface area contributed by atoms with Gasteiger partial charge in [-0.25, -0.2) is 22.3 Å². The SMILES string of the molecule is C[C@@H](NS(=O)(=O)c1sc2c(c1C(=O)O)CCNC2)c1ccc(F)cc1. The number of carbonyl (C=O) groups is 1. The molecule has 0 saturated heterocycles. The molecule has 25 heavy (non-hydrogen) atoms. The second-order valence-corrected chi connectivity index (χ2v) is 8.81. The van der Waals surface area contributed by atoms with Gasteiger partial charge in [0.25, 0.3) is 10.0 Å². The first-order valence-electron chi connectivity index (χ1n) is 7.66. The Kier molecular flexibility index (Phi) is 4.92. The van der Waals surface area contributed by atoms with Crippen LogP contribution in [0.5, 0.6) is 0 Å². The predicted molar refractivity (Wildman–Crippen MR) is 91.8 cm³/mol. The molecule has 2 heterocycles. The van der Waals surface area contributed by atoms with Gasteiger partial charge in [0.2, 0.25) is 0 Å². The van der Waals surface area contributed by atoms with Gasteiger partial charge in [0.05, 0.1) is 5.56 Å². The monoisotopic (exact) mass is 384 g/mol. The molecule has 0 fully saturated rings. The van der Waals surface area contributed by atoms with Crippen molar-refractivity contribution < 1.29 is 22.7 Å². The lowest BCUT2D eigenvalue weighted by molar-refractivity contribution is 0.0692. The number of carboxylic acids is 1. The molecule has 1 aromatic carbocycles. The van der Waals surface area contributed by atoms with Gasteiger partial charge >= 0.3 is 5.97 Å². The quantitative estimate of drug-likeness (QED) is 0.735. The van der Waals surface area contributed by atoms with Crippen LogP contribution in [0.2, 0.25) is 0 Å². The summed E-state index contributed by atoms with van der Waals surface area (Å²) in [6.45, 7) is 2.70.